The predicted molar refractivity (Wildman–Crippen MR) is 122 cm³/mol. The van der Waals surface area contributed by atoms with Crippen molar-refractivity contribution in [2.24, 2.45) is 0 Å². The average Bonchev–Trinajstić information content (AvgIpc) is 3.37. The molecule has 5 nitrogen and oxygen atoms in total. The first-order chi connectivity index (χ1) is 14.1. The summed E-state index contributed by atoms with van der Waals surface area (Å²) in [4.78, 5) is 4.13. The van der Waals surface area contributed by atoms with E-state index in [1.807, 2.05) is 59.3 Å². The molecule has 0 radical (unpaired) electrons. The Hall–Kier alpha value is -1.57. The van der Waals surface area contributed by atoms with Crippen LogP contribution in [-0.4, -0.2) is 34.7 Å². The summed E-state index contributed by atoms with van der Waals surface area (Å²) in [6.45, 7) is 1.50. The molecule has 1 fully saturated rings. The van der Waals surface area contributed by atoms with Crippen LogP contribution in [0.5, 0.6) is 5.75 Å². The fraction of sp³-hybridized carbons (Fsp3) is 0.318. The van der Waals surface area contributed by atoms with Gasteiger partial charge in [0.25, 0.3) is 0 Å². The molecule has 1 aliphatic heterocycles. The number of ether oxygens (including phenoxy) is 3. The van der Waals surface area contributed by atoms with Gasteiger partial charge in [-0.3, -0.25) is 0 Å². The summed E-state index contributed by atoms with van der Waals surface area (Å²) in [5.74, 6) is 0.0854. The molecule has 0 unspecified atom stereocenters. The Morgan fingerprint density at radius 3 is 2.80 bits per heavy atom. The zero-order valence-electron chi connectivity index (χ0n) is 16.2. The maximum absolute atomic E-state index is 6.39. The highest BCUT2D eigenvalue weighted by Gasteiger charge is 2.42. The van der Waals surface area contributed by atoms with Gasteiger partial charge in [-0.25, -0.2) is 4.98 Å². The maximum Gasteiger partial charge on any atom is 0.187 e. The monoisotopic (exact) mass is 512 g/mol. The molecule has 1 saturated heterocycles. The molecule has 2 atom stereocenters. The van der Waals surface area contributed by atoms with E-state index in [-0.39, 0.29) is 18.5 Å². The molecular formula is C22H23BrCl2N2O3. The largest absolute Gasteiger partial charge is 0.491 e. The highest BCUT2D eigenvalue weighted by Crippen LogP contribution is 2.31. The Bertz CT molecular complexity index is 924. The van der Waals surface area contributed by atoms with Crippen molar-refractivity contribution in [3.05, 3.63) is 82.3 Å². The number of hydrogen-bond donors (Lipinski definition) is 0. The zero-order chi connectivity index (χ0) is 20.1. The van der Waals surface area contributed by atoms with Crippen LogP contribution in [0, 0.1) is 0 Å². The third kappa shape index (κ3) is 6.22. The smallest absolute Gasteiger partial charge is 0.187 e. The van der Waals surface area contributed by atoms with E-state index >= 15 is 0 Å². The molecule has 1 aromatic heterocycles. The summed E-state index contributed by atoms with van der Waals surface area (Å²) in [5, 5.41) is 0.736. The minimum atomic E-state index is -0.717. The zero-order valence-corrected chi connectivity index (χ0v) is 19.4. The first-order valence-corrected chi connectivity index (χ1v) is 10.7. The van der Waals surface area contributed by atoms with Crippen molar-refractivity contribution in [2.75, 3.05) is 13.2 Å². The van der Waals surface area contributed by atoms with Crippen LogP contribution in [0.1, 0.15) is 12.0 Å². The summed E-state index contributed by atoms with van der Waals surface area (Å²) in [7, 11) is 0. The van der Waals surface area contributed by atoms with Gasteiger partial charge < -0.3 is 18.8 Å². The lowest BCUT2D eigenvalue weighted by molar-refractivity contribution is -0.184. The van der Waals surface area contributed by atoms with Crippen LogP contribution in [0.2, 0.25) is 5.02 Å². The molecule has 2 heterocycles. The van der Waals surface area contributed by atoms with Gasteiger partial charge in [-0.1, -0.05) is 45.7 Å². The van der Waals surface area contributed by atoms with E-state index in [1.165, 1.54) is 5.56 Å². The number of nitrogens with zero attached hydrogens (tertiary/aromatic N) is 2. The summed E-state index contributed by atoms with van der Waals surface area (Å²) in [6.07, 6.45) is 6.87. The Balaban J connectivity index is 0.00000256. The van der Waals surface area contributed by atoms with E-state index in [2.05, 4.69) is 20.9 Å². The Kier molecular flexibility index (Phi) is 8.20. The molecule has 0 N–H and O–H groups in total. The van der Waals surface area contributed by atoms with Crippen molar-refractivity contribution in [2.45, 2.75) is 31.3 Å². The number of hydrogen-bond acceptors (Lipinski definition) is 4. The Morgan fingerprint density at radius 1 is 1.23 bits per heavy atom. The van der Waals surface area contributed by atoms with E-state index in [4.69, 9.17) is 25.8 Å². The molecule has 4 rings (SSSR count). The minimum Gasteiger partial charge on any atom is -0.491 e. The number of benzene rings is 2. The van der Waals surface area contributed by atoms with Crippen LogP contribution in [0.15, 0.2) is 71.7 Å². The summed E-state index contributed by atoms with van der Waals surface area (Å²) >= 11 is 9.46. The van der Waals surface area contributed by atoms with E-state index < -0.39 is 5.79 Å². The molecule has 8 heteroatoms. The lowest BCUT2D eigenvalue weighted by Crippen LogP contribution is -2.37. The molecule has 2 aromatic carbocycles. The third-order valence-corrected chi connectivity index (χ3v) is 5.58. The fourth-order valence-corrected chi connectivity index (χ4v) is 3.89. The molecule has 0 saturated carbocycles. The molecule has 0 amide bonds. The SMILES string of the molecule is Cl.Clc1ccc(CC[C@@]2(Cn3ccnc3)OC[C@@H](COc3cccc(Br)c3)O2)cc1. The van der Waals surface area contributed by atoms with Gasteiger partial charge in [-0.05, 0) is 42.3 Å². The highest BCUT2D eigenvalue weighted by atomic mass is 79.9. The summed E-state index contributed by atoms with van der Waals surface area (Å²) in [6, 6.07) is 15.7. The Morgan fingerprint density at radius 2 is 2.07 bits per heavy atom. The second-order valence-corrected chi connectivity index (χ2v) is 8.44. The molecular weight excluding hydrogens is 491 g/mol. The lowest BCUT2D eigenvalue weighted by atomic mass is 10.0. The van der Waals surface area contributed by atoms with Gasteiger partial charge in [-0.15, -0.1) is 12.4 Å². The van der Waals surface area contributed by atoms with Crippen molar-refractivity contribution in [3.8, 4) is 5.75 Å². The number of halogens is 3. The fourth-order valence-electron chi connectivity index (χ4n) is 3.38. The van der Waals surface area contributed by atoms with Gasteiger partial charge in [0.15, 0.2) is 5.79 Å². The van der Waals surface area contributed by atoms with Crippen molar-refractivity contribution in [1.82, 2.24) is 9.55 Å². The van der Waals surface area contributed by atoms with E-state index in [0.717, 1.165) is 28.1 Å². The first-order valence-electron chi connectivity index (χ1n) is 9.51. The van der Waals surface area contributed by atoms with Crippen LogP contribution >= 0.6 is 39.9 Å². The summed E-state index contributed by atoms with van der Waals surface area (Å²) < 4.78 is 21.5. The highest BCUT2D eigenvalue weighted by molar-refractivity contribution is 9.10. The Labute approximate surface area is 195 Å². The second kappa shape index (κ2) is 10.6. The molecule has 0 spiro atoms. The number of imidazole rings is 1. The van der Waals surface area contributed by atoms with Crippen LogP contribution in [-0.2, 0) is 22.4 Å². The van der Waals surface area contributed by atoms with Gasteiger partial charge in [-0.2, -0.15) is 0 Å². The van der Waals surface area contributed by atoms with Gasteiger partial charge in [0.05, 0.1) is 19.5 Å². The van der Waals surface area contributed by atoms with Crippen LogP contribution in [0.4, 0.5) is 0 Å². The maximum atomic E-state index is 6.39. The topological polar surface area (TPSA) is 45.5 Å². The lowest BCUT2D eigenvalue weighted by Gasteiger charge is -2.28. The van der Waals surface area contributed by atoms with Gasteiger partial charge in [0.2, 0.25) is 0 Å². The second-order valence-electron chi connectivity index (χ2n) is 7.09. The number of aryl methyl sites for hydroxylation is 1. The summed E-state index contributed by atoms with van der Waals surface area (Å²) in [5.41, 5.74) is 1.19. The molecule has 1 aliphatic rings. The first kappa shape index (κ1) is 23.1. The molecule has 0 aliphatic carbocycles. The minimum absolute atomic E-state index is 0. The quantitative estimate of drug-likeness (QED) is 0.396. The van der Waals surface area contributed by atoms with Gasteiger partial charge >= 0.3 is 0 Å². The standard InChI is InChI=1S/C22H22BrClN2O3.ClH/c23-18-2-1-3-20(12-18)27-13-21-14-28-22(29-21,15-26-11-10-25-16-26)9-8-17-4-6-19(24)7-5-17;/h1-7,10-12,16,21H,8-9,13-15H2;1H/t21-,22-;/m1./s1. The normalized spacial score (nSPS) is 20.7. The molecule has 160 valence electrons. The average molecular weight is 514 g/mol. The van der Waals surface area contributed by atoms with Crippen molar-refractivity contribution in [1.29, 1.82) is 0 Å². The van der Waals surface area contributed by atoms with E-state index in [9.17, 15) is 0 Å². The van der Waals surface area contributed by atoms with Crippen LogP contribution in [0.3, 0.4) is 0 Å². The molecule has 0 bridgehead atoms. The van der Waals surface area contributed by atoms with Crippen molar-refractivity contribution < 1.29 is 14.2 Å². The predicted octanol–water partition coefficient (Wildman–Crippen LogP) is 5.54. The number of aromatic nitrogens is 2. The van der Waals surface area contributed by atoms with Gasteiger partial charge in [0, 0.05) is 28.3 Å². The van der Waals surface area contributed by atoms with E-state index in [1.54, 1.807) is 12.5 Å². The third-order valence-electron chi connectivity index (χ3n) is 4.84. The van der Waals surface area contributed by atoms with Crippen LogP contribution < -0.4 is 4.74 Å². The van der Waals surface area contributed by atoms with E-state index in [0.29, 0.717) is 19.8 Å². The van der Waals surface area contributed by atoms with Crippen LogP contribution in [0.25, 0.3) is 0 Å². The van der Waals surface area contributed by atoms with Crippen molar-refractivity contribution in [3.63, 3.8) is 0 Å². The van der Waals surface area contributed by atoms with Crippen molar-refractivity contribution >= 4 is 39.9 Å². The van der Waals surface area contributed by atoms with Gasteiger partial charge in [0.1, 0.15) is 18.5 Å². The number of rotatable bonds is 8. The molecule has 30 heavy (non-hydrogen) atoms. The molecule has 3 aromatic rings.